The number of nitrogens with zero attached hydrogens (tertiary/aromatic N) is 2. The lowest BCUT2D eigenvalue weighted by Crippen LogP contribution is -1.98. The van der Waals surface area contributed by atoms with Crippen molar-refractivity contribution in [3.05, 3.63) is 84.4 Å². The molecule has 1 heterocycles. The summed E-state index contributed by atoms with van der Waals surface area (Å²) in [7, 11) is 1.61. The van der Waals surface area contributed by atoms with Crippen molar-refractivity contribution < 1.29 is 9.47 Å². The average molecular weight is 367 g/mol. The Morgan fingerprint density at radius 1 is 0.893 bits per heavy atom. The summed E-state index contributed by atoms with van der Waals surface area (Å²) in [4.78, 5) is 4.57. The summed E-state index contributed by atoms with van der Waals surface area (Å²) in [6, 6.07) is 26.7. The van der Waals surface area contributed by atoms with Crippen LogP contribution in [0.2, 0.25) is 0 Å². The van der Waals surface area contributed by atoms with Crippen LogP contribution in [0.15, 0.2) is 78.9 Å². The minimum Gasteiger partial charge on any atom is -0.493 e. The third-order valence-electron chi connectivity index (χ3n) is 4.26. The van der Waals surface area contributed by atoms with Crippen molar-refractivity contribution in [1.29, 1.82) is 5.26 Å². The van der Waals surface area contributed by atoms with Crippen molar-refractivity contribution in [3.63, 3.8) is 0 Å². The summed E-state index contributed by atoms with van der Waals surface area (Å²) < 4.78 is 11.2. The van der Waals surface area contributed by atoms with Crippen LogP contribution in [0, 0.1) is 11.3 Å². The lowest BCUT2D eigenvalue weighted by Gasteiger charge is -2.12. The quantitative estimate of drug-likeness (QED) is 0.494. The van der Waals surface area contributed by atoms with Gasteiger partial charge in [-0.1, -0.05) is 30.3 Å². The molecule has 0 fully saturated rings. The fourth-order valence-electron chi connectivity index (χ4n) is 2.87. The first-order chi connectivity index (χ1) is 13.8. The summed E-state index contributed by atoms with van der Waals surface area (Å²) in [5.41, 5.74) is 2.14. The summed E-state index contributed by atoms with van der Waals surface area (Å²) in [5, 5.41) is 13.6. The van der Waals surface area contributed by atoms with Gasteiger partial charge >= 0.3 is 0 Å². The van der Waals surface area contributed by atoms with Crippen LogP contribution in [0.3, 0.4) is 0 Å². The highest BCUT2D eigenvalue weighted by atomic mass is 16.5. The number of pyridine rings is 1. The second-order valence-electron chi connectivity index (χ2n) is 6.09. The molecule has 0 atom stereocenters. The molecule has 28 heavy (non-hydrogen) atoms. The van der Waals surface area contributed by atoms with Crippen LogP contribution in [0.5, 0.6) is 17.2 Å². The smallest absolute Gasteiger partial charge is 0.169 e. The van der Waals surface area contributed by atoms with E-state index in [1.54, 1.807) is 7.11 Å². The van der Waals surface area contributed by atoms with E-state index < -0.39 is 0 Å². The van der Waals surface area contributed by atoms with E-state index in [9.17, 15) is 5.26 Å². The van der Waals surface area contributed by atoms with Gasteiger partial charge in [-0.25, -0.2) is 4.98 Å². The predicted octanol–water partition coefficient (Wildman–Crippen LogP) is 5.65. The van der Waals surface area contributed by atoms with Gasteiger partial charge in [0.05, 0.1) is 18.2 Å². The number of hydrogen-bond donors (Lipinski definition) is 1. The molecule has 0 unspecified atom stereocenters. The van der Waals surface area contributed by atoms with E-state index in [1.165, 1.54) is 0 Å². The van der Waals surface area contributed by atoms with E-state index in [2.05, 4.69) is 16.4 Å². The Morgan fingerprint density at radius 3 is 2.36 bits per heavy atom. The Labute approximate surface area is 162 Å². The van der Waals surface area contributed by atoms with E-state index >= 15 is 0 Å². The molecule has 0 aliphatic carbocycles. The number of nitriles is 1. The molecule has 1 aromatic heterocycles. The molecule has 136 valence electrons. The molecule has 4 rings (SSSR count). The van der Waals surface area contributed by atoms with Crippen LogP contribution in [0.25, 0.3) is 10.9 Å². The number of benzene rings is 3. The van der Waals surface area contributed by atoms with Gasteiger partial charge in [-0.3, -0.25) is 0 Å². The number of anilines is 2. The van der Waals surface area contributed by atoms with Gasteiger partial charge in [0, 0.05) is 11.1 Å². The summed E-state index contributed by atoms with van der Waals surface area (Å²) in [6.07, 6.45) is 0. The molecule has 0 saturated carbocycles. The topological polar surface area (TPSA) is 67.2 Å². The minimum atomic E-state index is 0.494. The number of aromatic nitrogens is 1. The number of nitrogens with one attached hydrogen (secondary N) is 1. The highest BCUT2D eigenvalue weighted by molar-refractivity contribution is 5.83. The molecule has 0 aliphatic heterocycles. The SMILES string of the molecule is COc1ccccc1Oc1ccc(Nc2nc3ccccc3cc2C#N)cc1. The maximum Gasteiger partial charge on any atom is 0.169 e. The van der Waals surface area contributed by atoms with Crippen LogP contribution in [0.1, 0.15) is 5.56 Å². The Kier molecular flexibility index (Phi) is 4.77. The predicted molar refractivity (Wildman–Crippen MR) is 109 cm³/mol. The van der Waals surface area contributed by atoms with Crippen molar-refractivity contribution in [3.8, 4) is 23.3 Å². The Balaban J connectivity index is 1.57. The molecule has 0 radical (unpaired) electrons. The van der Waals surface area contributed by atoms with Crippen molar-refractivity contribution in [2.75, 3.05) is 12.4 Å². The maximum atomic E-state index is 9.45. The largest absolute Gasteiger partial charge is 0.493 e. The molecule has 0 bridgehead atoms. The lowest BCUT2D eigenvalue weighted by molar-refractivity contribution is 0.379. The zero-order chi connectivity index (χ0) is 19.3. The monoisotopic (exact) mass is 367 g/mol. The van der Waals surface area contributed by atoms with Gasteiger partial charge in [0.25, 0.3) is 0 Å². The first kappa shape index (κ1) is 17.4. The van der Waals surface area contributed by atoms with E-state index in [1.807, 2.05) is 78.9 Å². The standard InChI is InChI=1S/C23H17N3O2/c1-27-21-8-4-5-9-22(21)28-19-12-10-18(11-13-19)25-23-17(15-24)14-16-6-2-3-7-20(16)26-23/h2-14H,1H3,(H,25,26). The third-order valence-corrected chi connectivity index (χ3v) is 4.26. The van der Waals surface area contributed by atoms with Gasteiger partial charge in [0.2, 0.25) is 0 Å². The van der Waals surface area contributed by atoms with Crippen LogP contribution in [-0.4, -0.2) is 12.1 Å². The van der Waals surface area contributed by atoms with Gasteiger partial charge in [0.1, 0.15) is 17.6 Å². The number of methoxy groups -OCH3 is 1. The summed E-state index contributed by atoms with van der Waals surface area (Å²) in [6.45, 7) is 0. The van der Waals surface area contributed by atoms with Gasteiger partial charge in [0.15, 0.2) is 11.5 Å². The second-order valence-corrected chi connectivity index (χ2v) is 6.09. The van der Waals surface area contributed by atoms with Gasteiger partial charge in [-0.2, -0.15) is 5.26 Å². The highest BCUT2D eigenvalue weighted by Gasteiger charge is 2.08. The average Bonchev–Trinajstić information content (AvgIpc) is 2.75. The molecule has 0 spiro atoms. The van der Waals surface area contributed by atoms with Crippen LogP contribution >= 0.6 is 0 Å². The van der Waals surface area contributed by atoms with Gasteiger partial charge in [-0.15, -0.1) is 0 Å². The number of ether oxygens (including phenoxy) is 2. The molecule has 5 nitrogen and oxygen atoms in total. The van der Waals surface area contributed by atoms with E-state index in [0.29, 0.717) is 28.6 Å². The Morgan fingerprint density at radius 2 is 1.61 bits per heavy atom. The van der Waals surface area contributed by atoms with E-state index in [-0.39, 0.29) is 0 Å². The fraction of sp³-hybridized carbons (Fsp3) is 0.0435. The molecular formula is C23H17N3O2. The number of fused-ring (bicyclic) bond motifs is 1. The zero-order valence-electron chi connectivity index (χ0n) is 15.2. The third kappa shape index (κ3) is 3.57. The second kappa shape index (κ2) is 7.68. The molecule has 0 saturated heterocycles. The molecule has 1 N–H and O–H groups in total. The summed E-state index contributed by atoms with van der Waals surface area (Å²) >= 11 is 0. The molecule has 4 aromatic rings. The minimum absolute atomic E-state index is 0.494. The van der Waals surface area contributed by atoms with Crippen LogP contribution in [-0.2, 0) is 0 Å². The van der Waals surface area contributed by atoms with E-state index in [4.69, 9.17) is 9.47 Å². The van der Waals surface area contributed by atoms with Crippen LogP contribution in [0.4, 0.5) is 11.5 Å². The molecule has 3 aromatic carbocycles. The number of para-hydroxylation sites is 3. The fourth-order valence-corrected chi connectivity index (χ4v) is 2.87. The highest BCUT2D eigenvalue weighted by Crippen LogP contribution is 2.32. The van der Waals surface area contributed by atoms with E-state index in [0.717, 1.165) is 16.6 Å². The van der Waals surface area contributed by atoms with Gasteiger partial charge < -0.3 is 14.8 Å². The van der Waals surface area contributed by atoms with Crippen molar-refractivity contribution >= 4 is 22.4 Å². The van der Waals surface area contributed by atoms with Crippen molar-refractivity contribution in [2.24, 2.45) is 0 Å². The van der Waals surface area contributed by atoms with Crippen molar-refractivity contribution in [1.82, 2.24) is 4.98 Å². The molecule has 0 amide bonds. The first-order valence-electron chi connectivity index (χ1n) is 8.74. The maximum absolute atomic E-state index is 9.45. The molecular weight excluding hydrogens is 350 g/mol. The first-order valence-corrected chi connectivity index (χ1v) is 8.74. The zero-order valence-corrected chi connectivity index (χ0v) is 15.2. The number of hydrogen-bond acceptors (Lipinski definition) is 5. The number of rotatable bonds is 5. The lowest BCUT2D eigenvalue weighted by atomic mass is 10.1. The molecule has 5 heteroatoms. The molecule has 0 aliphatic rings. The Bertz CT molecular complexity index is 1160. The summed E-state index contributed by atoms with van der Waals surface area (Å²) in [5.74, 6) is 2.53. The Hall–Kier alpha value is -4.04. The van der Waals surface area contributed by atoms with Crippen LogP contribution < -0.4 is 14.8 Å². The van der Waals surface area contributed by atoms with Gasteiger partial charge in [-0.05, 0) is 48.5 Å². The van der Waals surface area contributed by atoms with Crippen molar-refractivity contribution in [2.45, 2.75) is 0 Å². The normalized spacial score (nSPS) is 10.3.